The first-order chi connectivity index (χ1) is 17.6. The third-order valence-electron chi connectivity index (χ3n) is 7.24. The van der Waals surface area contributed by atoms with Crippen LogP contribution in [-0.2, 0) is 5.41 Å². The third kappa shape index (κ3) is 4.47. The van der Waals surface area contributed by atoms with Crippen LogP contribution in [0.15, 0.2) is 91.4 Å². The zero-order chi connectivity index (χ0) is 25.0. The summed E-state index contributed by atoms with van der Waals surface area (Å²) >= 11 is 0. The average molecular weight is 481 g/mol. The molecule has 0 aliphatic carbocycles. The van der Waals surface area contributed by atoms with Crippen LogP contribution in [0.1, 0.15) is 23.7 Å². The molecule has 2 aromatic heterocycles. The quantitative estimate of drug-likeness (QED) is 0.364. The van der Waals surface area contributed by atoms with Gasteiger partial charge in [-0.3, -0.25) is 9.97 Å². The summed E-state index contributed by atoms with van der Waals surface area (Å²) in [5, 5.41) is 0. The fraction of sp³-hybridized carbons (Fsp3) is 0.267. The van der Waals surface area contributed by atoms with Crippen molar-refractivity contribution in [3.63, 3.8) is 0 Å². The second-order valence-corrected chi connectivity index (χ2v) is 9.13. The lowest BCUT2D eigenvalue weighted by Crippen LogP contribution is -2.47. The number of methoxy groups -OCH3 is 2. The van der Waals surface area contributed by atoms with Gasteiger partial charge >= 0.3 is 0 Å². The molecule has 1 fully saturated rings. The van der Waals surface area contributed by atoms with Gasteiger partial charge in [0.25, 0.3) is 0 Å². The monoisotopic (exact) mass is 480 g/mol. The Morgan fingerprint density at radius 1 is 0.667 bits per heavy atom. The maximum Gasteiger partial charge on any atom is 0.118 e. The molecule has 1 aliphatic rings. The van der Waals surface area contributed by atoms with E-state index in [2.05, 4.69) is 64.2 Å². The van der Waals surface area contributed by atoms with E-state index < -0.39 is 5.41 Å². The van der Waals surface area contributed by atoms with E-state index in [-0.39, 0.29) is 0 Å². The number of ether oxygens (including phenoxy) is 2. The normalized spacial score (nSPS) is 14.0. The van der Waals surface area contributed by atoms with Crippen LogP contribution in [0.4, 0.5) is 11.4 Å². The van der Waals surface area contributed by atoms with Crippen LogP contribution in [0.3, 0.4) is 0 Å². The highest BCUT2D eigenvalue weighted by molar-refractivity contribution is 5.62. The maximum absolute atomic E-state index is 5.44. The van der Waals surface area contributed by atoms with Crippen LogP contribution in [0.25, 0.3) is 0 Å². The van der Waals surface area contributed by atoms with Crippen molar-refractivity contribution in [1.82, 2.24) is 9.97 Å². The van der Waals surface area contributed by atoms with Gasteiger partial charge in [-0.15, -0.1) is 0 Å². The number of nitrogens with zero attached hydrogens (tertiary/aromatic N) is 4. The molecule has 6 nitrogen and oxygen atoms in total. The molecule has 1 saturated heterocycles. The summed E-state index contributed by atoms with van der Waals surface area (Å²) in [6.07, 6.45) is 5.61. The van der Waals surface area contributed by atoms with E-state index in [0.29, 0.717) is 0 Å². The van der Waals surface area contributed by atoms with Crippen molar-refractivity contribution in [2.24, 2.45) is 0 Å². The van der Waals surface area contributed by atoms with Gasteiger partial charge in [0.1, 0.15) is 11.5 Å². The summed E-state index contributed by atoms with van der Waals surface area (Å²) in [4.78, 5) is 14.1. The largest absolute Gasteiger partial charge is 0.497 e. The second-order valence-electron chi connectivity index (χ2n) is 9.13. The Morgan fingerprint density at radius 2 is 1.19 bits per heavy atom. The molecule has 184 valence electrons. The maximum atomic E-state index is 5.44. The first kappa shape index (κ1) is 23.7. The van der Waals surface area contributed by atoms with Crippen molar-refractivity contribution in [3.8, 4) is 11.5 Å². The molecule has 2 aromatic carbocycles. The van der Waals surface area contributed by atoms with Gasteiger partial charge < -0.3 is 19.3 Å². The fourth-order valence-electron chi connectivity index (χ4n) is 5.09. The molecule has 0 spiro atoms. The standard InChI is InChI=1S/C30H32N4O2/c1-30(23-6-10-26(35-2)11-7-23,24-8-12-27(36-3)13-9-24)29-28(5-4-16-32-29)34-21-19-33(20-22-34)25-14-17-31-18-15-25/h4-18H,19-22H2,1-3H3. The number of pyridine rings is 2. The summed E-state index contributed by atoms with van der Waals surface area (Å²) in [6, 6.07) is 25.1. The van der Waals surface area contributed by atoms with E-state index in [1.165, 1.54) is 11.4 Å². The van der Waals surface area contributed by atoms with Gasteiger partial charge in [0.15, 0.2) is 0 Å². The first-order valence-electron chi connectivity index (χ1n) is 12.3. The van der Waals surface area contributed by atoms with Crippen molar-refractivity contribution in [2.75, 3.05) is 50.2 Å². The van der Waals surface area contributed by atoms with Gasteiger partial charge in [0.2, 0.25) is 0 Å². The molecule has 0 amide bonds. The van der Waals surface area contributed by atoms with Gasteiger partial charge in [-0.2, -0.15) is 0 Å². The minimum Gasteiger partial charge on any atom is -0.497 e. The van der Waals surface area contributed by atoms with Crippen LogP contribution in [-0.4, -0.2) is 50.4 Å². The molecule has 0 bridgehead atoms. The Balaban J connectivity index is 1.54. The average Bonchev–Trinajstić information content (AvgIpc) is 2.97. The molecular formula is C30H32N4O2. The fourth-order valence-corrected chi connectivity index (χ4v) is 5.09. The van der Waals surface area contributed by atoms with E-state index in [4.69, 9.17) is 14.5 Å². The molecule has 6 heteroatoms. The molecular weight excluding hydrogens is 448 g/mol. The van der Waals surface area contributed by atoms with Gasteiger partial charge in [-0.1, -0.05) is 24.3 Å². The molecule has 0 unspecified atom stereocenters. The lowest BCUT2D eigenvalue weighted by Gasteiger charge is -2.40. The van der Waals surface area contributed by atoms with Crippen LogP contribution >= 0.6 is 0 Å². The predicted molar refractivity (Wildman–Crippen MR) is 144 cm³/mol. The highest BCUT2D eigenvalue weighted by Crippen LogP contribution is 2.43. The third-order valence-corrected chi connectivity index (χ3v) is 7.24. The molecule has 4 aromatic rings. The molecule has 0 N–H and O–H groups in total. The Hall–Kier alpha value is -4.06. The van der Waals surface area contributed by atoms with Gasteiger partial charge in [0, 0.05) is 50.5 Å². The Morgan fingerprint density at radius 3 is 1.72 bits per heavy atom. The lowest BCUT2D eigenvalue weighted by atomic mass is 9.72. The van der Waals surface area contributed by atoms with E-state index in [0.717, 1.165) is 54.5 Å². The van der Waals surface area contributed by atoms with Crippen molar-refractivity contribution in [1.29, 1.82) is 0 Å². The van der Waals surface area contributed by atoms with E-state index in [9.17, 15) is 0 Å². The summed E-state index contributed by atoms with van der Waals surface area (Å²) < 4.78 is 10.9. The minimum atomic E-state index is -0.475. The molecule has 1 aliphatic heterocycles. The number of rotatable bonds is 7. The summed E-state index contributed by atoms with van der Waals surface area (Å²) in [5.41, 5.74) is 5.26. The predicted octanol–water partition coefficient (Wildman–Crippen LogP) is 5.17. The molecule has 3 heterocycles. The van der Waals surface area contributed by atoms with Crippen LogP contribution < -0.4 is 19.3 Å². The highest BCUT2D eigenvalue weighted by Gasteiger charge is 2.36. The van der Waals surface area contributed by atoms with E-state index in [1.807, 2.05) is 48.9 Å². The van der Waals surface area contributed by atoms with Gasteiger partial charge in [0.05, 0.1) is 31.0 Å². The van der Waals surface area contributed by atoms with Crippen LogP contribution in [0, 0.1) is 0 Å². The number of anilines is 2. The summed E-state index contributed by atoms with van der Waals surface area (Å²) in [6.45, 7) is 5.99. The summed E-state index contributed by atoms with van der Waals surface area (Å²) in [5.74, 6) is 1.67. The zero-order valence-corrected chi connectivity index (χ0v) is 21.1. The summed E-state index contributed by atoms with van der Waals surface area (Å²) in [7, 11) is 3.39. The number of aromatic nitrogens is 2. The smallest absolute Gasteiger partial charge is 0.118 e. The Labute approximate surface area is 213 Å². The Kier molecular flexibility index (Phi) is 6.76. The van der Waals surface area contributed by atoms with Crippen molar-refractivity contribution in [2.45, 2.75) is 12.3 Å². The number of hydrogen-bond donors (Lipinski definition) is 0. The molecule has 0 saturated carbocycles. The molecule has 36 heavy (non-hydrogen) atoms. The van der Waals surface area contributed by atoms with Crippen molar-refractivity contribution < 1.29 is 9.47 Å². The molecule has 5 rings (SSSR count). The lowest BCUT2D eigenvalue weighted by molar-refractivity contribution is 0.414. The van der Waals surface area contributed by atoms with Crippen molar-refractivity contribution >= 4 is 11.4 Å². The van der Waals surface area contributed by atoms with Crippen LogP contribution in [0.2, 0.25) is 0 Å². The second kappa shape index (κ2) is 10.3. The van der Waals surface area contributed by atoms with E-state index >= 15 is 0 Å². The highest BCUT2D eigenvalue weighted by atomic mass is 16.5. The number of benzene rings is 2. The van der Waals surface area contributed by atoms with E-state index in [1.54, 1.807) is 14.2 Å². The number of piperazine rings is 1. The van der Waals surface area contributed by atoms with Gasteiger partial charge in [-0.25, -0.2) is 0 Å². The zero-order valence-electron chi connectivity index (χ0n) is 21.1. The Bertz CT molecular complexity index is 1220. The minimum absolute atomic E-state index is 0.475. The topological polar surface area (TPSA) is 50.7 Å². The molecule has 0 radical (unpaired) electrons. The van der Waals surface area contributed by atoms with Crippen molar-refractivity contribution in [3.05, 3.63) is 108 Å². The van der Waals surface area contributed by atoms with Crippen LogP contribution in [0.5, 0.6) is 11.5 Å². The molecule has 0 atom stereocenters. The first-order valence-corrected chi connectivity index (χ1v) is 12.3. The van der Waals surface area contributed by atoms with Gasteiger partial charge in [-0.05, 0) is 66.6 Å². The SMILES string of the molecule is COc1ccc(C(C)(c2ccc(OC)cc2)c2ncccc2N2CCN(c3ccncc3)CC2)cc1. The number of hydrogen-bond acceptors (Lipinski definition) is 6.